The van der Waals surface area contributed by atoms with Crippen LogP contribution in [-0.4, -0.2) is 12.1 Å². The lowest BCUT2D eigenvalue weighted by Crippen LogP contribution is -2.51. The van der Waals surface area contributed by atoms with Crippen molar-refractivity contribution >= 4 is 5.97 Å². The molecule has 8 unspecified atom stereocenters. The largest absolute Gasteiger partial charge is 0.462 e. The molecule has 0 amide bonds. The van der Waals surface area contributed by atoms with Crippen molar-refractivity contribution in [2.75, 3.05) is 0 Å². The summed E-state index contributed by atoms with van der Waals surface area (Å²) in [6.07, 6.45) is 44.1. The Bertz CT molecular complexity index is 1150. The van der Waals surface area contributed by atoms with Gasteiger partial charge in [-0.05, 0) is 123 Å². The van der Waals surface area contributed by atoms with E-state index in [0.29, 0.717) is 17.3 Å². The SMILES string of the molecule is CC/C=C\C/C=C\C/C=C\C/C=C\C/C=C\CC(=O)OC1CCC2(C)C(=CCC3C2CCC2(C)C(C(C)CCCC(C)C)CCC32)C1. The number of carbonyl (C=O) groups excluding carboxylic acids is 1. The Labute approximate surface area is 290 Å². The van der Waals surface area contributed by atoms with Crippen molar-refractivity contribution in [3.8, 4) is 0 Å². The first-order chi connectivity index (χ1) is 22.7. The molecule has 3 saturated carbocycles. The highest BCUT2D eigenvalue weighted by Gasteiger charge is 2.59. The first kappa shape index (κ1) is 37.7. The number of ether oxygens (including phenoxy) is 1. The van der Waals surface area contributed by atoms with Crippen LogP contribution in [0.15, 0.2) is 72.4 Å². The Kier molecular flexibility index (Phi) is 14.9. The van der Waals surface area contributed by atoms with Gasteiger partial charge in [0, 0.05) is 6.42 Å². The number of allylic oxidation sites excluding steroid dienone is 10. The lowest BCUT2D eigenvalue weighted by atomic mass is 9.47. The zero-order chi connectivity index (χ0) is 33.7. The Morgan fingerprint density at radius 1 is 0.809 bits per heavy atom. The molecule has 3 fully saturated rings. The molecule has 0 aromatic carbocycles. The quantitative estimate of drug-likeness (QED) is 0.117. The average molecular weight is 643 g/mol. The van der Waals surface area contributed by atoms with Crippen molar-refractivity contribution < 1.29 is 9.53 Å². The molecule has 2 nitrogen and oxygen atoms in total. The van der Waals surface area contributed by atoms with Crippen molar-refractivity contribution in [1.82, 2.24) is 0 Å². The van der Waals surface area contributed by atoms with Gasteiger partial charge in [-0.15, -0.1) is 0 Å². The lowest BCUT2D eigenvalue weighted by molar-refractivity contribution is -0.150. The molecule has 0 bridgehead atoms. The minimum Gasteiger partial charge on any atom is -0.462 e. The minimum atomic E-state index is -0.0674. The van der Waals surface area contributed by atoms with Crippen LogP contribution >= 0.6 is 0 Å². The number of rotatable bonds is 17. The predicted molar refractivity (Wildman–Crippen MR) is 202 cm³/mol. The summed E-state index contributed by atoms with van der Waals surface area (Å²) in [6.45, 7) is 14.8. The molecular formula is C45H70O2. The van der Waals surface area contributed by atoms with Crippen LogP contribution in [0.25, 0.3) is 0 Å². The number of fused-ring (bicyclic) bond motifs is 5. The molecular weight excluding hydrogens is 572 g/mol. The van der Waals surface area contributed by atoms with Gasteiger partial charge in [0.25, 0.3) is 0 Å². The highest BCUT2D eigenvalue weighted by molar-refractivity contribution is 5.71. The fraction of sp³-hybridized carbons (Fsp3) is 0.711. The van der Waals surface area contributed by atoms with Crippen molar-refractivity contribution in [2.45, 2.75) is 157 Å². The van der Waals surface area contributed by atoms with Gasteiger partial charge in [0.15, 0.2) is 0 Å². The molecule has 47 heavy (non-hydrogen) atoms. The number of esters is 1. The van der Waals surface area contributed by atoms with Crippen LogP contribution < -0.4 is 0 Å². The Morgan fingerprint density at radius 3 is 2.09 bits per heavy atom. The van der Waals surface area contributed by atoms with Gasteiger partial charge in [-0.2, -0.15) is 0 Å². The van der Waals surface area contributed by atoms with Gasteiger partial charge in [0.05, 0.1) is 6.42 Å². The van der Waals surface area contributed by atoms with Crippen LogP contribution in [-0.2, 0) is 9.53 Å². The van der Waals surface area contributed by atoms with Gasteiger partial charge in [-0.1, -0.05) is 133 Å². The second-order valence-electron chi connectivity index (χ2n) is 16.6. The molecule has 8 atom stereocenters. The van der Waals surface area contributed by atoms with E-state index in [2.05, 4.69) is 102 Å². The van der Waals surface area contributed by atoms with Crippen LogP contribution in [0.2, 0.25) is 0 Å². The van der Waals surface area contributed by atoms with E-state index in [1.165, 1.54) is 57.8 Å². The lowest BCUT2D eigenvalue weighted by Gasteiger charge is -2.58. The van der Waals surface area contributed by atoms with Gasteiger partial charge in [-0.3, -0.25) is 4.79 Å². The first-order valence-corrected chi connectivity index (χ1v) is 19.8. The fourth-order valence-corrected chi connectivity index (χ4v) is 10.4. The normalized spacial score (nSPS) is 33.3. The zero-order valence-corrected chi connectivity index (χ0v) is 31.2. The number of hydrogen-bond acceptors (Lipinski definition) is 2. The maximum Gasteiger partial charge on any atom is 0.309 e. The summed E-state index contributed by atoms with van der Waals surface area (Å²) in [5.41, 5.74) is 2.45. The molecule has 262 valence electrons. The summed E-state index contributed by atoms with van der Waals surface area (Å²) >= 11 is 0. The summed E-state index contributed by atoms with van der Waals surface area (Å²) in [5.74, 6) is 5.10. The van der Waals surface area contributed by atoms with E-state index in [4.69, 9.17) is 4.74 Å². The van der Waals surface area contributed by atoms with Crippen LogP contribution in [0.4, 0.5) is 0 Å². The predicted octanol–water partition coefficient (Wildman–Crippen LogP) is 13.1. The summed E-state index contributed by atoms with van der Waals surface area (Å²) in [4.78, 5) is 12.7. The Morgan fingerprint density at radius 2 is 1.45 bits per heavy atom. The summed E-state index contributed by atoms with van der Waals surface area (Å²) in [6, 6.07) is 0. The summed E-state index contributed by atoms with van der Waals surface area (Å²) in [7, 11) is 0. The van der Waals surface area contributed by atoms with E-state index in [0.717, 1.165) is 80.5 Å². The van der Waals surface area contributed by atoms with Gasteiger partial charge in [0.1, 0.15) is 6.10 Å². The van der Waals surface area contributed by atoms with E-state index in [1.807, 2.05) is 6.08 Å². The second-order valence-corrected chi connectivity index (χ2v) is 16.6. The Balaban J connectivity index is 1.18. The van der Waals surface area contributed by atoms with Gasteiger partial charge in [0.2, 0.25) is 0 Å². The minimum absolute atomic E-state index is 0.0533. The third-order valence-electron chi connectivity index (χ3n) is 13.0. The maximum absolute atomic E-state index is 12.7. The topological polar surface area (TPSA) is 26.3 Å². The number of hydrogen-bond donors (Lipinski definition) is 0. The molecule has 4 aliphatic carbocycles. The molecule has 0 radical (unpaired) electrons. The van der Waals surface area contributed by atoms with Crippen molar-refractivity contribution in [3.05, 3.63) is 72.4 Å². The zero-order valence-electron chi connectivity index (χ0n) is 31.2. The summed E-state index contributed by atoms with van der Waals surface area (Å²) in [5, 5.41) is 0. The molecule has 0 heterocycles. The molecule has 2 heteroatoms. The molecule has 0 aromatic heterocycles. The van der Waals surface area contributed by atoms with E-state index in [-0.39, 0.29) is 12.1 Å². The third-order valence-corrected chi connectivity index (χ3v) is 13.0. The maximum atomic E-state index is 12.7. The number of carbonyl (C=O) groups is 1. The molecule has 0 saturated heterocycles. The van der Waals surface area contributed by atoms with Crippen molar-refractivity contribution in [2.24, 2.45) is 46.3 Å². The van der Waals surface area contributed by atoms with Crippen LogP contribution in [0, 0.1) is 46.3 Å². The highest BCUT2D eigenvalue weighted by atomic mass is 16.5. The molecule has 0 spiro atoms. The van der Waals surface area contributed by atoms with Crippen molar-refractivity contribution in [1.29, 1.82) is 0 Å². The van der Waals surface area contributed by atoms with E-state index >= 15 is 0 Å². The van der Waals surface area contributed by atoms with Crippen LogP contribution in [0.3, 0.4) is 0 Å². The standard InChI is InChI=1S/C45H70O2/c1-7-8-9-10-11-12-13-14-15-16-17-18-19-20-21-25-43(46)47-38-30-32-44(5)37(34-38)26-27-39-41-29-28-40(36(4)24-22-23-35(2)3)45(41,6)33-31-42(39)44/h8-9,11-12,14-15,17-18,20-21,26,35-36,38-42H,7,10,13,16,19,22-25,27-34H2,1-6H3/b9-8-,12-11-,15-14-,18-17-,21-20-. The Hall–Kier alpha value is -2.09. The second kappa shape index (κ2) is 18.6. The molecule has 0 aliphatic heterocycles. The smallest absolute Gasteiger partial charge is 0.309 e. The van der Waals surface area contributed by atoms with Gasteiger partial charge in [-0.25, -0.2) is 0 Å². The molecule has 0 aromatic rings. The average Bonchev–Trinajstić information content (AvgIpc) is 3.40. The van der Waals surface area contributed by atoms with Crippen LogP contribution in [0.1, 0.15) is 151 Å². The van der Waals surface area contributed by atoms with Gasteiger partial charge >= 0.3 is 5.97 Å². The fourth-order valence-electron chi connectivity index (χ4n) is 10.4. The first-order valence-electron chi connectivity index (χ1n) is 19.8. The van der Waals surface area contributed by atoms with Gasteiger partial charge < -0.3 is 4.74 Å². The summed E-state index contributed by atoms with van der Waals surface area (Å²) < 4.78 is 6.05. The van der Waals surface area contributed by atoms with E-state index in [9.17, 15) is 4.79 Å². The third kappa shape index (κ3) is 10.2. The van der Waals surface area contributed by atoms with Crippen molar-refractivity contribution in [3.63, 3.8) is 0 Å². The van der Waals surface area contributed by atoms with Crippen LogP contribution in [0.5, 0.6) is 0 Å². The molecule has 4 rings (SSSR count). The highest BCUT2D eigenvalue weighted by Crippen LogP contribution is 2.67. The molecule has 0 N–H and O–H groups in total. The van der Waals surface area contributed by atoms with E-state index in [1.54, 1.807) is 5.57 Å². The van der Waals surface area contributed by atoms with E-state index < -0.39 is 0 Å². The molecule has 4 aliphatic rings. The monoisotopic (exact) mass is 643 g/mol.